The van der Waals surface area contributed by atoms with Crippen molar-refractivity contribution in [2.75, 3.05) is 18.0 Å². The summed E-state index contributed by atoms with van der Waals surface area (Å²) in [4.78, 5) is 11.1. The third-order valence-electron chi connectivity index (χ3n) is 7.62. The average Bonchev–Trinajstić information content (AvgIpc) is 3.22. The lowest BCUT2D eigenvalue weighted by Crippen LogP contribution is -2.42. The Bertz CT molecular complexity index is 1620. The molecule has 6 rings (SSSR count). The van der Waals surface area contributed by atoms with Crippen LogP contribution in [0.1, 0.15) is 63.0 Å². The summed E-state index contributed by atoms with van der Waals surface area (Å²) in [5.74, 6) is -3.62. The average molecular weight is 536 g/mol. The molecule has 0 radical (unpaired) electrons. The van der Waals surface area contributed by atoms with Crippen LogP contribution in [0.5, 0.6) is 0 Å². The molecule has 4 aromatic rings. The van der Waals surface area contributed by atoms with E-state index in [9.17, 15) is 14.0 Å². The molecular formula is C27H28F3N9. The fraction of sp³-hybridized carbons (Fsp3) is 0.481. The Hall–Kier alpha value is -4.01. The zero-order valence-corrected chi connectivity index (χ0v) is 22.2. The van der Waals surface area contributed by atoms with Crippen molar-refractivity contribution in [3.05, 3.63) is 47.9 Å². The number of pyridine rings is 2. The van der Waals surface area contributed by atoms with Crippen LogP contribution in [0.25, 0.3) is 22.3 Å². The molecule has 1 saturated carbocycles. The maximum Gasteiger partial charge on any atom is 0.257 e. The molecule has 2 fully saturated rings. The van der Waals surface area contributed by atoms with E-state index in [-0.39, 0.29) is 55.0 Å². The Morgan fingerprint density at radius 3 is 2.44 bits per heavy atom. The molecular weight excluding hydrogens is 507 g/mol. The molecule has 0 aromatic carbocycles. The predicted octanol–water partition coefficient (Wildman–Crippen LogP) is 4.84. The summed E-state index contributed by atoms with van der Waals surface area (Å²) in [6, 6.07) is 5.50. The second-order valence-electron chi connectivity index (χ2n) is 11.5. The van der Waals surface area contributed by atoms with Crippen LogP contribution in [0.15, 0.2) is 30.9 Å². The van der Waals surface area contributed by atoms with Crippen LogP contribution in [0, 0.1) is 11.3 Å². The number of nitrogens with zero attached hydrogens (tertiary/aromatic N) is 9. The topological polar surface area (TPSA) is 101 Å². The van der Waals surface area contributed by atoms with E-state index in [1.165, 1.54) is 12.4 Å². The van der Waals surface area contributed by atoms with E-state index in [0.717, 1.165) is 5.39 Å². The SMILES string of the molecule is Cn1cnnc1C1(F)CCN(c2c(C#N)cc(C3CC3(F)F)nc2-c2cnc3nn(C(C)(C)C)cc3c2)CC1. The second kappa shape index (κ2) is 8.49. The van der Waals surface area contributed by atoms with Crippen molar-refractivity contribution in [1.82, 2.24) is 34.5 Å². The van der Waals surface area contributed by atoms with Gasteiger partial charge in [0.25, 0.3) is 5.92 Å². The van der Waals surface area contributed by atoms with Gasteiger partial charge in [-0.15, -0.1) is 10.2 Å². The van der Waals surface area contributed by atoms with Crippen LogP contribution in [0.2, 0.25) is 0 Å². The molecule has 1 unspecified atom stereocenters. The summed E-state index contributed by atoms with van der Waals surface area (Å²) in [6.07, 6.45) is 4.91. The summed E-state index contributed by atoms with van der Waals surface area (Å²) in [7, 11) is 1.70. The monoisotopic (exact) mass is 535 g/mol. The van der Waals surface area contributed by atoms with Gasteiger partial charge in [0, 0.05) is 62.7 Å². The van der Waals surface area contributed by atoms with Gasteiger partial charge in [-0.3, -0.25) is 4.68 Å². The van der Waals surface area contributed by atoms with E-state index >= 15 is 4.39 Å². The number of hydrogen-bond donors (Lipinski definition) is 0. The largest absolute Gasteiger partial charge is 0.368 e. The normalized spacial score (nSPS) is 20.3. The van der Waals surface area contributed by atoms with Crippen molar-refractivity contribution < 1.29 is 13.2 Å². The molecule has 1 saturated heterocycles. The summed E-state index contributed by atoms with van der Waals surface area (Å²) >= 11 is 0. The van der Waals surface area contributed by atoms with Gasteiger partial charge in [-0.25, -0.2) is 23.1 Å². The van der Waals surface area contributed by atoms with Crippen LogP contribution in [0.3, 0.4) is 0 Å². The van der Waals surface area contributed by atoms with Gasteiger partial charge in [-0.05, 0) is 32.9 Å². The van der Waals surface area contributed by atoms with Crippen molar-refractivity contribution in [2.45, 2.75) is 63.1 Å². The highest BCUT2D eigenvalue weighted by atomic mass is 19.3. The maximum absolute atomic E-state index is 15.9. The van der Waals surface area contributed by atoms with E-state index in [4.69, 9.17) is 0 Å². The third kappa shape index (κ3) is 4.30. The molecule has 9 nitrogen and oxygen atoms in total. The highest BCUT2D eigenvalue weighted by molar-refractivity contribution is 5.86. The van der Waals surface area contributed by atoms with Crippen LogP contribution in [0.4, 0.5) is 18.9 Å². The van der Waals surface area contributed by atoms with E-state index in [1.54, 1.807) is 17.8 Å². The quantitative estimate of drug-likeness (QED) is 0.369. The number of hydrogen-bond acceptors (Lipinski definition) is 7. The summed E-state index contributed by atoms with van der Waals surface area (Å²) < 4.78 is 47.4. The Labute approximate surface area is 223 Å². The maximum atomic E-state index is 15.9. The number of piperidine rings is 1. The lowest BCUT2D eigenvalue weighted by atomic mass is 9.91. The number of alkyl halides is 3. The van der Waals surface area contributed by atoms with Gasteiger partial charge in [-0.1, -0.05) is 0 Å². The fourth-order valence-corrected chi connectivity index (χ4v) is 5.26. The summed E-state index contributed by atoms with van der Waals surface area (Å²) in [6.45, 7) is 6.65. The van der Waals surface area contributed by atoms with Crippen LogP contribution >= 0.6 is 0 Å². The smallest absolute Gasteiger partial charge is 0.257 e. The highest BCUT2D eigenvalue weighted by Crippen LogP contribution is 2.56. The molecule has 1 aliphatic carbocycles. The van der Waals surface area contributed by atoms with Gasteiger partial charge in [0.05, 0.1) is 34.1 Å². The van der Waals surface area contributed by atoms with E-state index in [2.05, 4.69) is 31.3 Å². The minimum atomic E-state index is -2.84. The van der Waals surface area contributed by atoms with Crippen molar-refractivity contribution in [3.63, 3.8) is 0 Å². The molecule has 1 atom stereocenters. The lowest BCUT2D eigenvalue weighted by molar-refractivity contribution is 0.109. The Kier molecular flexibility index (Phi) is 5.51. The summed E-state index contributed by atoms with van der Waals surface area (Å²) in [5, 5.41) is 23.2. The number of rotatable bonds is 4. The van der Waals surface area contributed by atoms with E-state index < -0.39 is 17.5 Å². The fourth-order valence-electron chi connectivity index (χ4n) is 5.26. The standard InChI is InChI=1S/C27H28F3N9/c1-25(2,3)39-14-18-9-17(13-32-23(18)36-39)21-22(16(12-31)10-20(34-21)19-11-27(19,29)30)38-7-5-26(28,6-8-38)24-35-33-15-37(24)4/h9-10,13-15,19H,5-8,11H2,1-4H3. The molecule has 0 spiro atoms. The van der Waals surface area contributed by atoms with Crippen molar-refractivity contribution in [3.8, 4) is 17.3 Å². The minimum absolute atomic E-state index is 0.127. The van der Waals surface area contributed by atoms with Gasteiger partial charge >= 0.3 is 0 Å². The van der Waals surface area contributed by atoms with Gasteiger partial charge in [0.2, 0.25) is 0 Å². The zero-order chi connectivity index (χ0) is 27.7. The van der Waals surface area contributed by atoms with Crippen LogP contribution in [-0.2, 0) is 18.3 Å². The first kappa shape index (κ1) is 25.3. The number of nitriles is 1. The number of fused-ring (bicyclic) bond motifs is 1. The molecule has 2 aliphatic rings. The third-order valence-corrected chi connectivity index (χ3v) is 7.62. The van der Waals surface area contributed by atoms with Crippen molar-refractivity contribution in [1.29, 1.82) is 5.26 Å². The Balaban J connectivity index is 1.44. The molecule has 0 N–H and O–H groups in total. The predicted molar refractivity (Wildman–Crippen MR) is 138 cm³/mol. The van der Waals surface area contributed by atoms with Gasteiger partial charge in [-0.2, -0.15) is 10.4 Å². The summed E-state index contributed by atoms with van der Waals surface area (Å²) in [5.41, 5.74) is 0.489. The van der Waals surface area contributed by atoms with Gasteiger partial charge < -0.3 is 9.47 Å². The van der Waals surface area contributed by atoms with Crippen molar-refractivity contribution >= 4 is 16.7 Å². The number of anilines is 1. The number of aryl methyl sites for hydroxylation is 1. The zero-order valence-electron chi connectivity index (χ0n) is 22.2. The molecule has 0 amide bonds. The van der Waals surface area contributed by atoms with E-state index in [1.807, 2.05) is 42.6 Å². The first-order valence-electron chi connectivity index (χ1n) is 12.9. The van der Waals surface area contributed by atoms with Crippen LogP contribution < -0.4 is 4.90 Å². The molecule has 0 bridgehead atoms. The van der Waals surface area contributed by atoms with Crippen LogP contribution in [-0.4, -0.2) is 53.5 Å². The number of halogens is 3. The highest BCUT2D eigenvalue weighted by Gasteiger charge is 2.58. The Morgan fingerprint density at radius 1 is 1.13 bits per heavy atom. The number of aromatic nitrogens is 7. The molecule has 202 valence electrons. The first-order chi connectivity index (χ1) is 18.4. The molecule has 5 heterocycles. The molecule has 12 heteroatoms. The van der Waals surface area contributed by atoms with Gasteiger partial charge in [0.15, 0.2) is 17.1 Å². The molecule has 39 heavy (non-hydrogen) atoms. The first-order valence-corrected chi connectivity index (χ1v) is 12.9. The Morgan fingerprint density at radius 2 is 1.85 bits per heavy atom. The molecule has 4 aromatic heterocycles. The minimum Gasteiger partial charge on any atom is -0.368 e. The lowest BCUT2D eigenvalue weighted by Gasteiger charge is -2.38. The molecule has 1 aliphatic heterocycles. The van der Waals surface area contributed by atoms with Gasteiger partial charge in [0.1, 0.15) is 12.4 Å². The van der Waals surface area contributed by atoms with E-state index in [0.29, 0.717) is 22.6 Å². The second-order valence-corrected chi connectivity index (χ2v) is 11.5. The van der Waals surface area contributed by atoms with Crippen molar-refractivity contribution in [2.24, 2.45) is 7.05 Å².